The van der Waals surface area contributed by atoms with Crippen molar-refractivity contribution in [2.24, 2.45) is 0 Å². The third kappa shape index (κ3) is 2.90. The molecule has 5 aromatic rings. The minimum absolute atomic E-state index is 0.596. The molecule has 0 fully saturated rings. The molecule has 0 unspecified atom stereocenters. The molecule has 5 rings (SSSR count). The van der Waals surface area contributed by atoms with Gasteiger partial charge in [-0.25, -0.2) is 4.98 Å². The zero-order valence-corrected chi connectivity index (χ0v) is 15.9. The zero-order chi connectivity index (χ0) is 18.2. The first-order chi connectivity index (χ1) is 13.3. The number of hydrogen-bond acceptors (Lipinski definition) is 4. The largest absolute Gasteiger partial charge is 0.294 e. The average Bonchev–Trinajstić information content (AvgIpc) is 3.39. The number of nitrogens with one attached hydrogen (secondary N) is 1. The molecule has 0 aliphatic carbocycles. The lowest BCUT2D eigenvalue weighted by atomic mass is 10.2. The van der Waals surface area contributed by atoms with Gasteiger partial charge in [-0.2, -0.15) is 5.10 Å². The number of nitrogens with zero attached hydrogens (tertiary/aromatic N) is 4. The van der Waals surface area contributed by atoms with E-state index in [2.05, 4.69) is 38.3 Å². The molecule has 2 aromatic carbocycles. The van der Waals surface area contributed by atoms with Crippen LogP contribution in [0.5, 0.6) is 0 Å². The van der Waals surface area contributed by atoms with E-state index in [0.29, 0.717) is 11.2 Å². The van der Waals surface area contributed by atoms with Gasteiger partial charge in [0.25, 0.3) is 0 Å². The van der Waals surface area contributed by atoms with Gasteiger partial charge in [-0.15, -0.1) is 11.3 Å². The van der Waals surface area contributed by atoms with E-state index < -0.39 is 0 Å². The molecule has 0 aliphatic heterocycles. The summed E-state index contributed by atoms with van der Waals surface area (Å²) in [6, 6.07) is 20.3. The number of benzene rings is 2. The van der Waals surface area contributed by atoms with Crippen LogP contribution in [0.25, 0.3) is 21.9 Å². The van der Waals surface area contributed by atoms with E-state index in [-0.39, 0.29) is 0 Å². The molecule has 0 aliphatic rings. The van der Waals surface area contributed by atoms with Gasteiger partial charge in [0.2, 0.25) is 0 Å². The highest BCUT2D eigenvalue weighted by Crippen LogP contribution is 2.25. The van der Waals surface area contributed by atoms with E-state index >= 15 is 0 Å². The second-order valence-electron chi connectivity index (χ2n) is 6.16. The normalized spacial score (nSPS) is 11.3. The van der Waals surface area contributed by atoms with E-state index in [1.807, 2.05) is 53.1 Å². The number of para-hydroxylation sites is 1. The van der Waals surface area contributed by atoms with Crippen LogP contribution in [-0.2, 0) is 6.42 Å². The lowest BCUT2D eigenvalue weighted by Gasteiger charge is -2.06. The van der Waals surface area contributed by atoms with E-state index in [1.165, 1.54) is 0 Å². The standard InChI is InChI=1S/C20H15N5S2/c26-19-23-22-18(25(19)15-9-5-2-6-10-15)11-16-13-27-20-21-17(12-24(16)20)14-7-3-1-4-8-14/h1-10,12-13H,11H2,(H,23,26). The van der Waals surface area contributed by atoms with Crippen molar-refractivity contribution < 1.29 is 0 Å². The quantitative estimate of drug-likeness (QED) is 0.445. The maximum absolute atomic E-state index is 5.44. The summed E-state index contributed by atoms with van der Waals surface area (Å²) >= 11 is 7.08. The highest BCUT2D eigenvalue weighted by Gasteiger charge is 2.14. The molecule has 0 spiro atoms. The molecule has 1 N–H and O–H groups in total. The second-order valence-corrected chi connectivity index (χ2v) is 7.39. The minimum atomic E-state index is 0.596. The van der Waals surface area contributed by atoms with Gasteiger partial charge in [-0.3, -0.25) is 14.1 Å². The van der Waals surface area contributed by atoms with Crippen LogP contribution < -0.4 is 0 Å². The number of imidazole rings is 1. The summed E-state index contributed by atoms with van der Waals surface area (Å²) in [5.41, 5.74) is 4.24. The summed E-state index contributed by atoms with van der Waals surface area (Å²) in [6.45, 7) is 0. The first-order valence-corrected chi connectivity index (χ1v) is 9.81. The van der Waals surface area contributed by atoms with Crippen LogP contribution in [0.4, 0.5) is 0 Å². The predicted molar refractivity (Wildman–Crippen MR) is 110 cm³/mol. The molecule has 132 valence electrons. The molecular formula is C20H15N5S2. The van der Waals surface area contributed by atoms with Gasteiger partial charge < -0.3 is 0 Å². The Morgan fingerprint density at radius 1 is 1.00 bits per heavy atom. The van der Waals surface area contributed by atoms with Gasteiger partial charge in [-0.05, 0) is 24.4 Å². The smallest absolute Gasteiger partial charge is 0.199 e. The van der Waals surface area contributed by atoms with E-state index in [1.54, 1.807) is 11.3 Å². The van der Waals surface area contributed by atoms with Crippen LogP contribution in [0.2, 0.25) is 0 Å². The Hall–Kier alpha value is -3.03. The molecular weight excluding hydrogens is 374 g/mol. The molecule has 0 saturated carbocycles. The SMILES string of the molecule is S=c1[nH]nc(Cc2csc3nc(-c4ccccc4)cn23)n1-c1ccccc1. The highest BCUT2D eigenvalue weighted by molar-refractivity contribution is 7.71. The van der Waals surface area contributed by atoms with Crippen molar-refractivity contribution in [3.63, 3.8) is 0 Å². The van der Waals surface area contributed by atoms with Crippen molar-refractivity contribution in [1.29, 1.82) is 0 Å². The fraction of sp³-hybridized carbons (Fsp3) is 0.0500. The summed E-state index contributed by atoms with van der Waals surface area (Å²) in [4.78, 5) is 5.73. The molecule has 0 saturated heterocycles. The van der Waals surface area contributed by atoms with Crippen LogP contribution in [0, 0.1) is 4.77 Å². The third-order valence-electron chi connectivity index (χ3n) is 4.45. The van der Waals surface area contributed by atoms with E-state index in [0.717, 1.165) is 33.4 Å². The van der Waals surface area contributed by atoms with Gasteiger partial charge in [0.1, 0.15) is 5.82 Å². The first kappa shape index (κ1) is 16.2. The molecule has 5 nitrogen and oxygen atoms in total. The number of thiazole rings is 1. The molecule has 3 heterocycles. The predicted octanol–water partition coefficient (Wildman–Crippen LogP) is 4.90. The Morgan fingerprint density at radius 2 is 1.74 bits per heavy atom. The van der Waals surface area contributed by atoms with Crippen LogP contribution in [-0.4, -0.2) is 24.1 Å². The first-order valence-electron chi connectivity index (χ1n) is 8.52. The fourth-order valence-corrected chi connectivity index (χ4v) is 4.29. The number of aromatic amines is 1. The van der Waals surface area contributed by atoms with Gasteiger partial charge in [0, 0.05) is 34.9 Å². The van der Waals surface area contributed by atoms with Gasteiger partial charge >= 0.3 is 0 Å². The van der Waals surface area contributed by atoms with Crippen LogP contribution >= 0.6 is 23.6 Å². The number of H-pyrrole nitrogens is 1. The summed E-state index contributed by atoms with van der Waals surface area (Å²) in [5.74, 6) is 0.876. The molecule has 0 atom stereocenters. The molecule has 27 heavy (non-hydrogen) atoms. The fourth-order valence-electron chi connectivity index (χ4n) is 3.16. The monoisotopic (exact) mass is 389 g/mol. The topological polar surface area (TPSA) is 50.9 Å². The Bertz CT molecular complexity index is 1260. The molecule has 7 heteroatoms. The highest BCUT2D eigenvalue weighted by atomic mass is 32.1. The zero-order valence-electron chi connectivity index (χ0n) is 14.2. The Morgan fingerprint density at radius 3 is 2.52 bits per heavy atom. The van der Waals surface area contributed by atoms with Crippen molar-refractivity contribution in [1.82, 2.24) is 24.1 Å². The van der Waals surface area contributed by atoms with E-state index in [9.17, 15) is 0 Å². The number of hydrogen-bond donors (Lipinski definition) is 1. The Labute approximate surface area is 164 Å². The average molecular weight is 390 g/mol. The second kappa shape index (κ2) is 6.61. The van der Waals surface area contributed by atoms with Crippen molar-refractivity contribution >= 4 is 28.5 Å². The van der Waals surface area contributed by atoms with Crippen LogP contribution in [0.1, 0.15) is 11.5 Å². The lowest BCUT2D eigenvalue weighted by Crippen LogP contribution is -2.03. The van der Waals surface area contributed by atoms with E-state index in [4.69, 9.17) is 17.2 Å². The molecule has 3 aromatic heterocycles. The molecule has 0 bridgehead atoms. The van der Waals surface area contributed by atoms with Crippen molar-refractivity contribution in [2.45, 2.75) is 6.42 Å². The van der Waals surface area contributed by atoms with Gasteiger partial charge in [-0.1, -0.05) is 48.5 Å². The summed E-state index contributed by atoms with van der Waals surface area (Å²) in [7, 11) is 0. The van der Waals surface area contributed by atoms with Crippen LogP contribution in [0.15, 0.2) is 72.2 Å². The summed E-state index contributed by atoms with van der Waals surface area (Å²) < 4.78 is 4.71. The molecule has 0 radical (unpaired) electrons. The van der Waals surface area contributed by atoms with Crippen molar-refractivity contribution in [3.8, 4) is 16.9 Å². The maximum Gasteiger partial charge on any atom is 0.199 e. The molecule has 0 amide bonds. The summed E-state index contributed by atoms with van der Waals surface area (Å²) in [6.07, 6.45) is 2.75. The Balaban J connectivity index is 1.55. The lowest BCUT2D eigenvalue weighted by molar-refractivity contribution is 0.874. The minimum Gasteiger partial charge on any atom is -0.294 e. The van der Waals surface area contributed by atoms with Crippen molar-refractivity contribution in [3.05, 3.63) is 88.5 Å². The Kier molecular flexibility index (Phi) is 3.95. The number of fused-ring (bicyclic) bond motifs is 1. The van der Waals surface area contributed by atoms with Crippen LogP contribution in [0.3, 0.4) is 0 Å². The van der Waals surface area contributed by atoms with Crippen molar-refractivity contribution in [2.75, 3.05) is 0 Å². The van der Waals surface area contributed by atoms with Gasteiger partial charge in [0.15, 0.2) is 9.73 Å². The van der Waals surface area contributed by atoms with Gasteiger partial charge in [0.05, 0.1) is 5.69 Å². The third-order valence-corrected chi connectivity index (χ3v) is 5.61. The maximum atomic E-state index is 5.44. The number of aromatic nitrogens is 5. The summed E-state index contributed by atoms with van der Waals surface area (Å²) in [5, 5.41) is 9.51. The number of rotatable bonds is 4.